The van der Waals surface area contributed by atoms with E-state index < -0.39 is 0 Å². The molecular weight excluding hydrogens is 320 g/mol. The third-order valence-electron chi connectivity index (χ3n) is 4.00. The number of ether oxygens (including phenoxy) is 2. The molecule has 0 amide bonds. The fourth-order valence-corrected chi connectivity index (χ4v) is 2.88. The number of carbonyl (C=O) groups is 2. The SMILES string of the molecule is CC(C)C[C@@H](CN)CC(=O)OCCCOC(=O)C[C@H](CN)CC(C)C. The van der Waals surface area contributed by atoms with Crippen molar-refractivity contribution in [3.05, 3.63) is 0 Å². The van der Waals surface area contributed by atoms with Crippen molar-refractivity contribution < 1.29 is 19.1 Å². The molecule has 0 heterocycles. The summed E-state index contributed by atoms with van der Waals surface area (Å²) in [6.45, 7) is 9.94. The Labute approximate surface area is 153 Å². The van der Waals surface area contributed by atoms with Gasteiger partial charge >= 0.3 is 11.9 Å². The largest absolute Gasteiger partial charge is 0.466 e. The Kier molecular flexibility index (Phi) is 13.4. The van der Waals surface area contributed by atoms with Crippen LogP contribution in [0.2, 0.25) is 0 Å². The van der Waals surface area contributed by atoms with Gasteiger partial charge in [-0.1, -0.05) is 27.7 Å². The number of carbonyl (C=O) groups excluding carboxylic acids is 2. The number of hydrogen-bond donors (Lipinski definition) is 2. The molecule has 0 radical (unpaired) electrons. The summed E-state index contributed by atoms with van der Waals surface area (Å²) in [6.07, 6.45) is 3.04. The van der Waals surface area contributed by atoms with Gasteiger partial charge in [-0.05, 0) is 49.6 Å². The lowest BCUT2D eigenvalue weighted by Gasteiger charge is -2.16. The highest BCUT2D eigenvalue weighted by Crippen LogP contribution is 2.16. The summed E-state index contributed by atoms with van der Waals surface area (Å²) in [5.41, 5.74) is 11.4. The second-order valence-corrected chi connectivity index (χ2v) is 7.67. The molecule has 0 rings (SSSR count). The van der Waals surface area contributed by atoms with Gasteiger partial charge in [-0.15, -0.1) is 0 Å². The summed E-state index contributed by atoms with van der Waals surface area (Å²) in [5, 5.41) is 0. The summed E-state index contributed by atoms with van der Waals surface area (Å²) < 4.78 is 10.4. The fraction of sp³-hybridized carbons (Fsp3) is 0.895. The molecule has 0 aromatic carbocycles. The summed E-state index contributed by atoms with van der Waals surface area (Å²) in [6, 6.07) is 0. The van der Waals surface area contributed by atoms with Gasteiger partial charge in [0.25, 0.3) is 0 Å². The molecule has 0 spiro atoms. The van der Waals surface area contributed by atoms with E-state index in [-0.39, 0.29) is 37.0 Å². The van der Waals surface area contributed by atoms with E-state index in [1.165, 1.54) is 0 Å². The van der Waals surface area contributed by atoms with E-state index in [1.807, 2.05) is 0 Å². The molecule has 0 aliphatic heterocycles. The molecule has 6 nitrogen and oxygen atoms in total. The zero-order valence-corrected chi connectivity index (χ0v) is 16.5. The first-order chi connectivity index (χ1) is 11.8. The van der Waals surface area contributed by atoms with E-state index in [0.29, 0.717) is 44.2 Å². The van der Waals surface area contributed by atoms with E-state index in [0.717, 1.165) is 12.8 Å². The number of hydrogen-bond acceptors (Lipinski definition) is 6. The minimum Gasteiger partial charge on any atom is -0.466 e. The summed E-state index contributed by atoms with van der Waals surface area (Å²) in [7, 11) is 0. The first-order valence-electron chi connectivity index (χ1n) is 9.49. The van der Waals surface area contributed by atoms with Crippen LogP contribution in [-0.4, -0.2) is 38.2 Å². The van der Waals surface area contributed by atoms with Crippen LogP contribution in [-0.2, 0) is 19.1 Å². The minimum atomic E-state index is -0.234. The predicted octanol–water partition coefficient (Wildman–Crippen LogP) is 2.49. The normalized spacial score (nSPS) is 13.8. The Morgan fingerprint density at radius 3 is 1.40 bits per heavy atom. The molecule has 4 N–H and O–H groups in total. The molecule has 148 valence electrons. The van der Waals surface area contributed by atoms with Gasteiger partial charge in [-0.2, -0.15) is 0 Å². The Hall–Kier alpha value is -1.14. The molecular formula is C19H38N2O4. The summed E-state index contributed by atoms with van der Waals surface area (Å²) >= 11 is 0. The topological polar surface area (TPSA) is 105 Å². The lowest BCUT2D eigenvalue weighted by molar-refractivity contribution is -0.147. The van der Waals surface area contributed by atoms with Crippen LogP contribution in [0.3, 0.4) is 0 Å². The molecule has 2 atom stereocenters. The average molecular weight is 359 g/mol. The van der Waals surface area contributed by atoms with Crippen molar-refractivity contribution in [2.75, 3.05) is 26.3 Å². The third kappa shape index (κ3) is 13.8. The van der Waals surface area contributed by atoms with Crippen LogP contribution in [0.4, 0.5) is 0 Å². The van der Waals surface area contributed by atoms with Crippen molar-refractivity contribution in [3.63, 3.8) is 0 Å². The molecule has 0 aliphatic carbocycles. The molecule has 0 aromatic rings. The highest BCUT2D eigenvalue weighted by Gasteiger charge is 2.16. The zero-order valence-electron chi connectivity index (χ0n) is 16.5. The van der Waals surface area contributed by atoms with E-state index >= 15 is 0 Å². The van der Waals surface area contributed by atoms with E-state index in [1.54, 1.807) is 0 Å². The van der Waals surface area contributed by atoms with Gasteiger partial charge in [0.2, 0.25) is 0 Å². The van der Waals surface area contributed by atoms with Crippen molar-refractivity contribution in [2.45, 2.75) is 59.8 Å². The van der Waals surface area contributed by atoms with Gasteiger partial charge in [0.05, 0.1) is 13.2 Å². The van der Waals surface area contributed by atoms with Crippen molar-refractivity contribution in [1.82, 2.24) is 0 Å². The van der Waals surface area contributed by atoms with Crippen LogP contribution in [0.15, 0.2) is 0 Å². The van der Waals surface area contributed by atoms with Crippen LogP contribution in [0.5, 0.6) is 0 Å². The Morgan fingerprint density at radius 1 is 0.760 bits per heavy atom. The monoisotopic (exact) mass is 358 g/mol. The molecule has 0 aliphatic rings. The van der Waals surface area contributed by atoms with Gasteiger partial charge in [0.1, 0.15) is 0 Å². The highest BCUT2D eigenvalue weighted by atomic mass is 16.5. The molecule has 0 aromatic heterocycles. The van der Waals surface area contributed by atoms with E-state index in [9.17, 15) is 9.59 Å². The Bertz CT molecular complexity index is 338. The minimum absolute atomic E-state index is 0.166. The first-order valence-corrected chi connectivity index (χ1v) is 9.49. The van der Waals surface area contributed by atoms with E-state index in [4.69, 9.17) is 20.9 Å². The van der Waals surface area contributed by atoms with Crippen LogP contribution < -0.4 is 11.5 Å². The zero-order chi connectivity index (χ0) is 19.2. The maximum atomic E-state index is 11.8. The van der Waals surface area contributed by atoms with Crippen LogP contribution in [0.25, 0.3) is 0 Å². The van der Waals surface area contributed by atoms with Gasteiger partial charge < -0.3 is 20.9 Å². The Morgan fingerprint density at radius 2 is 1.12 bits per heavy atom. The third-order valence-corrected chi connectivity index (χ3v) is 4.00. The van der Waals surface area contributed by atoms with Crippen molar-refractivity contribution in [3.8, 4) is 0 Å². The molecule has 0 unspecified atom stereocenters. The van der Waals surface area contributed by atoms with Gasteiger partial charge in [0.15, 0.2) is 0 Å². The van der Waals surface area contributed by atoms with Crippen molar-refractivity contribution in [2.24, 2.45) is 35.1 Å². The van der Waals surface area contributed by atoms with Crippen molar-refractivity contribution in [1.29, 1.82) is 0 Å². The molecule has 6 heteroatoms. The number of esters is 2. The fourth-order valence-electron chi connectivity index (χ4n) is 2.88. The van der Waals surface area contributed by atoms with E-state index in [2.05, 4.69) is 27.7 Å². The predicted molar refractivity (Wildman–Crippen MR) is 99.8 cm³/mol. The summed E-state index contributed by atoms with van der Waals surface area (Å²) in [5.74, 6) is 0.881. The highest BCUT2D eigenvalue weighted by molar-refractivity contribution is 5.70. The molecule has 25 heavy (non-hydrogen) atoms. The van der Waals surface area contributed by atoms with Crippen LogP contribution in [0, 0.1) is 23.7 Å². The molecule has 0 fully saturated rings. The lowest BCUT2D eigenvalue weighted by atomic mass is 9.94. The van der Waals surface area contributed by atoms with Gasteiger partial charge in [-0.25, -0.2) is 0 Å². The second-order valence-electron chi connectivity index (χ2n) is 7.67. The number of nitrogens with two attached hydrogens (primary N) is 2. The van der Waals surface area contributed by atoms with Gasteiger partial charge in [-0.3, -0.25) is 9.59 Å². The van der Waals surface area contributed by atoms with Crippen molar-refractivity contribution >= 4 is 11.9 Å². The smallest absolute Gasteiger partial charge is 0.306 e. The lowest BCUT2D eigenvalue weighted by Crippen LogP contribution is -2.22. The maximum absolute atomic E-state index is 11.8. The quantitative estimate of drug-likeness (QED) is 0.365. The molecule has 0 bridgehead atoms. The summed E-state index contributed by atoms with van der Waals surface area (Å²) in [4.78, 5) is 23.6. The molecule has 0 saturated carbocycles. The number of rotatable bonds is 14. The second kappa shape index (κ2) is 14.1. The van der Waals surface area contributed by atoms with Gasteiger partial charge in [0, 0.05) is 19.3 Å². The molecule has 0 saturated heterocycles. The Balaban J connectivity index is 3.83. The standard InChI is InChI=1S/C19H38N2O4/c1-14(2)8-16(12-20)10-18(22)24-6-5-7-25-19(23)11-17(13-21)9-15(3)4/h14-17H,5-13,20-21H2,1-4H3/t16-,17-/m1/s1. The van der Waals surface area contributed by atoms with Crippen LogP contribution >= 0.6 is 0 Å². The first kappa shape index (κ1) is 23.9. The maximum Gasteiger partial charge on any atom is 0.306 e. The average Bonchev–Trinajstić information content (AvgIpc) is 2.52. The van der Waals surface area contributed by atoms with Crippen LogP contribution in [0.1, 0.15) is 59.8 Å².